The van der Waals surface area contributed by atoms with E-state index in [1.54, 1.807) is 20.0 Å². The highest BCUT2D eigenvalue weighted by atomic mass is 32.1. The van der Waals surface area contributed by atoms with Crippen molar-refractivity contribution in [2.24, 2.45) is 0 Å². The molecule has 0 spiro atoms. The van der Waals surface area contributed by atoms with Crippen molar-refractivity contribution in [2.45, 2.75) is 40.7 Å². The lowest BCUT2D eigenvalue weighted by Crippen LogP contribution is -2.30. The van der Waals surface area contributed by atoms with Crippen LogP contribution in [0, 0.1) is 27.7 Å². The van der Waals surface area contributed by atoms with E-state index in [0.29, 0.717) is 21.3 Å². The number of pyridine rings is 1. The first-order chi connectivity index (χ1) is 13.8. The molecule has 2 aromatic heterocycles. The van der Waals surface area contributed by atoms with Gasteiger partial charge < -0.3 is 10.1 Å². The van der Waals surface area contributed by atoms with E-state index in [1.165, 1.54) is 11.3 Å². The molecule has 3 rings (SSSR count). The standard InChI is InChI=1S/C22H23N3O3S/c1-12-10-13(2)18(14(3)11-12)25-20(26)16(5)28-22(27)19-15(4)24-21(29-19)17-8-6-7-9-23-17/h6-11,16H,1-5H3,(H,25,26). The second kappa shape index (κ2) is 8.53. The van der Waals surface area contributed by atoms with Gasteiger partial charge in [-0.05, 0) is 57.9 Å². The molecule has 0 saturated heterocycles. The maximum Gasteiger partial charge on any atom is 0.351 e. The minimum absolute atomic E-state index is 0.369. The molecule has 1 atom stereocenters. The molecular weight excluding hydrogens is 386 g/mol. The molecule has 1 N–H and O–H groups in total. The summed E-state index contributed by atoms with van der Waals surface area (Å²) in [6, 6.07) is 9.50. The quantitative estimate of drug-likeness (QED) is 0.622. The molecule has 1 aromatic carbocycles. The van der Waals surface area contributed by atoms with Crippen LogP contribution < -0.4 is 5.32 Å². The molecule has 1 amide bonds. The number of rotatable bonds is 5. The van der Waals surface area contributed by atoms with Crippen LogP contribution in [0.5, 0.6) is 0 Å². The largest absolute Gasteiger partial charge is 0.448 e. The maximum absolute atomic E-state index is 12.6. The van der Waals surface area contributed by atoms with Gasteiger partial charge in [-0.2, -0.15) is 0 Å². The number of carbonyl (C=O) groups is 2. The number of hydrogen-bond acceptors (Lipinski definition) is 6. The normalized spacial score (nSPS) is 11.8. The van der Waals surface area contributed by atoms with Crippen molar-refractivity contribution in [3.8, 4) is 10.7 Å². The number of ether oxygens (including phenoxy) is 1. The molecule has 2 heterocycles. The second-order valence-corrected chi connectivity index (χ2v) is 7.96. The molecule has 3 aromatic rings. The number of amides is 1. The fourth-order valence-electron chi connectivity index (χ4n) is 3.05. The molecule has 1 unspecified atom stereocenters. The lowest BCUT2D eigenvalue weighted by Gasteiger charge is -2.16. The summed E-state index contributed by atoms with van der Waals surface area (Å²) in [5, 5.41) is 3.51. The highest BCUT2D eigenvalue weighted by molar-refractivity contribution is 7.17. The van der Waals surface area contributed by atoms with E-state index < -0.39 is 12.1 Å². The predicted molar refractivity (Wildman–Crippen MR) is 114 cm³/mol. The number of anilines is 1. The van der Waals surface area contributed by atoms with E-state index in [9.17, 15) is 9.59 Å². The Hall–Kier alpha value is -3.06. The predicted octanol–water partition coefficient (Wildman–Crippen LogP) is 4.62. The minimum atomic E-state index is -0.942. The Morgan fingerprint density at radius 1 is 1.10 bits per heavy atom. The van der Waals surface area contributed by atoms with Crippen LogP contribution in [0.15, 0.2) is 36.5 Å². The van der Waals surface area contributed by atoms with Crippen molar-refractivity contribution >= 4 is 28.9 Å². The molecule has 0 aliphatic rings. The molecule has 7 heteroatoms. The molecule has 0 aliphatic heterocycles. The summed E-state index contributed by atoms with van der Waals surface area (Å²) in [7, 11) is 0. The first-order valence-corrected chi connectivity index (χ1v) is 10.1. The van der Waals surface area contributed by atoms with Crippen molar-refractivity contribution in [1.82, 2.24) is 9.97 Å². The first-order valence-electron chi connectivity index (χ1n) is 9.24. The number of thiazole rings is 1. The van der Waals surface area contributed by atoms with Crippen LogP contribution in [-0.4, -0.2) is 27.9 Å². The summed E-state index contributed by atoms with van der Waals surface area (Å²) in [4.78, 5) is 34.2. The molecule has 0 radical (unpaired) electrons. The van der Waals surface area contributed by atoms with Gasteiger partial charge in [0.05, 0.1) is 11.4 Å². The molecule has 150 valence electrons. The topological polar surface area (TPSA) is 81.2 Å². The van der Waals surface area contributed by atoms with Crippen molar-refractivity contribution in [1.29, 1.82) is 0 Å². The van der Waals surface area contributed by atoms with Crippen molar-refractivity contribution < 1.29 is 14.3 Å². The van der Waals surface area contributed by atoms with E-state index in [-0.39, 0.29) is 5.91 Å². The summed E-state index contributed by atoms with van der Waals surface area (Å²) in [5.41, 5.74) is 5.05. The number of nitrogens with one attached hydrogen (secondary N) is 1. The number of nitrogens with zero attached hydrogens (tertiary/aromatic N) is 2. The second-order valence-electron chi connectivity index (χ2n) is 6.96. The summed E-state index contributed by atoms with van der Waals surface area (Å²) in [5.74, 6) is -0.942. The third kappa shape index (κ3) is 4.68. The molecule has 0 aliphatic carbocycles. The van der Waals surface area contributed by atoms with Gasteiger partial charge in [0.2, 0.25) is 0 Å². The molecule has 0 bridgehead atoms. The monoisotopic (exact) mass is 409 g/mol. The van der Waals surface area contributed by atoms with E-state index in [0.717, 1.165) is 22.4 Å². The summed E-state index contributed by atoms with van der Waals surface area (Å²) in [6.07, 6.45) is 0.730. The average molecular weight is 410 g/mol. The molecular formula is C22H23N3O3S. The molecule has 0 saturated carbocycles. The zero-order chi connectivity index (χ0) is 21.1. The third-order valence-corrected chi connectivity index (χ3v) is 5.60. The van der Waals surface area contributed by atoms with Gasteiger partial charge >= 0.3 is 5.97 Å². The van der Waals surface area contributed by atoms with Gasteiger partial charge in [0.25, 0.3) is 5.91 Å². The first kappa shape index (κ1) is 20.7. The Morgan fingerprint density at radius 3 is 2.41 bits per heavy atom. The highest BCUT2D eigenvalue weighted by Crippen LogP contribution is 2.27. The van der Waals surface area contributed by atoms with Crippen LogP contribution in [0.3, 0.4) is 0 Å². The van der Waals surface area contributed by atoms with Gasteiger partial charge in [-0.3, -0.25) is 9.78 Å². The van der Waals surface area contributed by atoms with Crippen LogP contribution in [0.25, 0.3) is 10.7 Å². The van der Waals surface area contributed by atoms with Crippen LogP contribution in [0.2, 0.25) is 0 Å². The van der Waals surface area contributed by atoms with E-state index in [1.807, 2.05) is 51.1 Å². The number of benzene rings is 1. The fraction of sp³-hybridized carbons (Fsp3) is 0.273. The third-order valence-electron chi connectivity index (χ3n) is 4.44. The summed E-state index contributed by atoms with van der Waals surface area (Å²) >= 11 is 1.21. The average Bonchev–Trinajstić information content (AvgIpc) is 3.07. The van der Waals surface area contributed by atoms with Crippen molar-refractivity contribution in [3.05, 3.63) is 63.8 Å². The lowest BCUT2D eigenvalue weighted by atomic mass is 10.0. The zero-order valence-corrected chi connectivity index (χ0v) is 17.9. The SMILES string of the molecule is Cc1cc(C)c(NC(=O)C(C)OC(=O)c2sc(-c3ccccn3)nc2C)c(C)c1. The number of esters is 1. The molecule has 29 heavy (non-hydrogen) atoms. The van der Waals surface area contributed by atoms with Gasteiger partial charge in [-0.1, -0.05) is 23.8 Å². The zero-order valence-electron chi connectivity index (χ0n) is 17.1. The van der Waals surface area contributed by atoms with Crippen molar-refractivity contribution in [3.63, 3.8) is 0 Å². The number of carbonyl (C=O) groups excluding carboxylic acids is 2. The van der Waals surface area contributed by atoms with Gasteiger partial charge in [0.1, 0.15) is 9.88 Å². The Kier molecular flexibility index (Phi) is 6.08. The van der Waals surface area contributed by atoms with Crippen LogP contribution in [0.4, 0.5) is 5.69 Å². The van der Waals surface area contributed by atoms with Crippen LogP contribution in [0.1, 0.15) is 39.0 Å². The Morgan fingerprint density at radius 2 is 1.79 bits per heavy atom. The highest BCUT2D eigenvalue weighted by Gasteiger charge is 2.24. The van der Waals surface area contributed by atoms with Gasteiger partial charge in [0.15, 0.2) is 6.10 Å². The van der Waals surface area contributed by atoms with Crippen LogP contribution in [-0.2, 0) is 9.53 Å². The van der Waals surface area contributed by atoms with E-state index in [2.05, 4.69) is 15.3 Å². The van der Waals surface area contributed by atoms with E-state index >= 15 is 0 Å². The van der Waals surface area contributed by atoms with Crippen LogP contribution >= 0.6 is 11.3 Å². The minimum Gasteiger partial charge on any atom is -0.448 e. The Bertz CT molecular complexity index is 1040. The summed E-state index contributed by atoms with van der Waals surface area (Å²) in [6.45, 7) is 9.18. The van der Waals surface area contributed by atoms with Gasteiger partial charge in [0, 0.05) is 11.9 Å². The van der Waals surface area contributed by atoms with Gasteiger partial charge in [-0.15, -0.1) is 11.3 Å². The fourth-order valence-corrected chi connectivity index (χ4v) is 3.98. The lowest BCUT2D eigenvalue weighted by molar-refractivity contribution is -0.123. The van der Waals surface area contributed by atoms with E-state index in [4.69, 9.17) is 4.74 Å². The summed E-state index contributed by atoms with van der Waals surface area (Å²) < 4.78 is 5.40. The molecule has 6 nitrogen and oxygen atoms in total. The number of hydrogen-bond donors (Lipinski definition) is 1. The smallest absolute Gasteiger partial charge is 0.351 e. The Balaban J connectivity index is 1.71. The van der Waals surface area contributed by atoms with Crippen molar-refractivity contribution in [2.75, 3.05) is 5.32 Å². The Labute approximate surface area is 174 Å². The maximum atomic E-state index is 12.6. The molecule has 0 fully saturated rings. The number of aryl methyl sites for hydroxylation is 4. The number of aromatic nitrogens is 2. The van der Waals surface area contributed by atoms with Gasteiger partial charge in [-0.25, -0.2) is 9.78 Å².